The first-order valence-corrected chi connectivity index (χ1v) is 7.50. The van der Waals surface area contributed by atoms with Crippen LogP contribution >= 0.6 is 0 Å². The molecule has 0 heterocycles. The Morgan fingerprint density at radius 2 is 1.82 bits per heavy atom. The molecule has 0 aliphatic rings. The Bertz CT molecular complexity index is 638. The van der Waals surface area contributed by atoms with Crippen LogP contribution in [0.3, 0.4) is 0 Å². The lowest BCUT2D eigenvalue weighted by molar-refractivity contribution is -0.0613. The summed E-state index contributed by atoms with van der Waals surface area (Å²) in [7, 11) is 0. The van der Waals surface area contributed by atoms with Gasteiger partial charge in [-0.3, -0.25) is 4.79 Å². The van der Waals surface area contributed by atoms with E-state index in [1.165, 1.54) is 0 Å². The summed E-state index contributed by atoms with van der Waals surface area (Å²) in [5.74, 6) is 0.797. The molecule has 1 unspecified atom stereocenters. The number of aldehydes is 1. The average molecular weight is 298 g/mol. The largest absolute Gasteiger partial charge is 0.465 e. The van der Waals surface area contributed by atoms with Crippen LogP contribution in [0.25, 0.3) is 11.1 Å². The fourth-order valence-corrected chi connectivity index (χ4v) is 2.68. The Morgan fingerprint density at radius 3 is 2.41 bits per heavy atom. The number of carbonyl (C=O) groups excluding carboxylic acids is 1. The molecule has 2 aromatic rings. The second-order valence-corrected chi connectivity index (χ2v) is 5.32. The van der Waals surface area contributed by atoms with Crippen LogP contribution in [0.2, 0.25) is 0 Å². The summed E-state index contributed by atoms with van der Waals surface area (Å²) >= 11 is 0. The molecule has 2 aromatic carbocycles. The predicted molar refractivity (Wildman–Crippen MR) is 88.5 cm³/mol. The van der Waals surface area contributed by atoms with Crippen molar-refractivity contribution < 1.29 is 14.3 Å². The molecule has 22 heavy (non-hydrogen) atoms. The predicted octanol–water partition coefficient (Wildman–Crippen LogP) is 4.54. The van der Waals surface area contributed by atoms with E-state index in [9.17, 15) is 4.79 Å². The molecule has 2 rings (SSSR count). The SMILES string of the molecule is CCOC(C)Oc1cc(C)c(-c2cccc(C=O)c2)c(C)c1. The molecule has 0 aliphatic heterocycles. The minimum Gasteiger partial charge on any atom is -0.465 e. The van der Waals surface area contributed by atoms with Crippen molar-refractivity contribution in [2.45, 2.75) is 34.0 Å². The van der Waals surface area contributed by atoms with E-state index in [1.807, 2.05) is 64.1 Å². The van der Waals surface area contributed by atoms with Crippen LogP contribution in [0.15, 0.2) is 36.4 Å². The van der Waals surface area contributed by atoms with Crippen LogP contribution in [0, 0.1) is 13.8 Å². The van der Waals surface area contributed by atoms with Crippen LogP contribution in [0.5, 0.6) is 5.75 Å². The summed E-state index contributed by atoms with van der Waals surface area (Å²) in [6.45, 7) is 8.55. The van der Waals surface area contributed by atoms with Crippen LogP contribution in [0.4, 0.5) is 0 Å². The van der Waals surface area contributed by atoms with Gasteiger partial charge in [0.2, 0.25) is 0 Å². The molecular formula is C19H22O3. The Hall–Kier alpha value is -2.13. The quantitative estimate of drug-likeness (QED) is 0.580. The molecule has 0 fully saturated rings. The third-order valence-electron chi connectivity index (χ3n) is 3.52. The molecule has 0 aromatic heterocycles. The zero-order valence-corrected chi connectivity index (χ0v) is 13.6. The molecule has 0 bridgehead atoms. The highest BCUT2D eigenvalue weighted by atomic mass is 16.7. The normalized spacial score (nSPS) is 12.0. The number of ether oxygens (including phenoxy) is 2. The van der Waals surface area contributed by atoms with Gasteiger partial charge in [0.25, 0.3) is 0 Å². The third-order valence-corrected chi connectivity index (χ3v) is 3.52. The second-order valence-electron chi connectivity index (χ2n) is 5.32. The van der Waals surface area contributed by atoms with Crippen molar-refractivity contribution in [3.63, 3.8) is 0 Å². The summed E-state index contributed by atoms with van der Waals surface area (Å²) in [6, 6.07) is 11.6. The number of benzene rings is 2. The lowest BCUT2D eigenvalue weighted by Gasteiger charge is -2.17. The van der Waals surface area contributed by atoms with E-state index in [-0.39, 0.29) is 6.29 Å². The van der Waals surface area contributed by atoms with E-state index in [2.05, 4.69) is 0 Å². The number of carbonyl (C=O) groups is 1. The minimum atomic E-state index is -0.270. The second kappa shape index (κ2) is 7.23. The molecule has 3 heteroatoms. The van der Waals surface area contributed by atoms with Crippen LogP contribution in [-0.4, -0.2) is 19.2 Å². The van der Waals surface area contributed by atoms with Gasteiger partial charge in [0.1, 0.15) is 12.0 Å². The topological polar surface area (TPSA) is 35.5 Å². The Kier molecular flexibility index (Phi) is 5.34. The van der Waals surface area contributed by atoms with E-state index < -0.39 is 0 Å². The Balaban J connectivity index is 2.36. The molecule has 0 saturated carbocycles. The van der Waals surface area contributed by atoms with Gasteiger partial charge in [-0.2, -0.15) is 0 Å². The van der Waals surface area contributed by atoms with Crippen LogP contribution in [-0.2, 0) is 4.74 Å². The summed E-state index contributed by atoms with van der Waals surface area (Å²) in [5, 5.41) is 0. The van der Waals surface area contributed by atoms with Gasteiger partial charge in [-0.1, -0.05) is 18.2 Å². The summed E-state index contributed by atoms with van der Waals surface area (Å²) in [6.07, 6.45) is 0.600. The first kappa shape index (κ1) is 16.2. The van der Waals surface area contributed by atoms with Crippen molar-refractivity contribution in [3.8, 4) is 16.9 Å². The molecule has 0 amide bonds. The monoisotopic (exact) mass is 298 g/mol. The van der Waals surface area contributed by atoms with Gasteiger partial charge in [-0.05, 0) is 68.1 Å². The molecule has 0 aliphatic carbocycles. The zero-order chi connectivity index (χ0) is 16.1. The van der Waals surface area contributed by atoms with Gasteiger partial charge < -0.3 is 9.47 Å². The number of hydrogen-bond donors (Lipinski definition) is 0. The first-order chi connectivity index (χ1) is 10.5. The highest BCUT2D eigenvalue weighted by molar-refractivity contribution is 5.80. The zero-order valence-electron chi connectivity index (χ0n) is 13.6. The van der Waals surface area contributed by atoms with E-state index in [0.717, 1.165) is 34.3 Å². The maximum absolute atomic E-state index is 11.0. The highest BCUT2D eigenvalue weighted by Crippen LogP contribution is 2.31. The standard InChI is InChI=1S/C19H22O3/c1-5-21-15(4)22-18-9-13(2)19(14(3)10-18)17-8-6-7-16(11-17)12-20/h6-12,15H,5H2,1-4H3. The molecule has 0 radical (unpaired) electrons. The molecular weight excluding hydrogens is 276 g/mol. The summed E-state index contributed by atoms with van der Waals surface area (Å²) < 4.78 is 11.2. The molecule has 116 valence electrons. The fraction of sp³-hybridized carbons (Fsp3) is 0.316. The molecule has 0 N–H and O–H groups in total. The first-order valence-electron chi connectivity index (χ1n) is 7.50. The van der Waals surface area contributed by atoms with Crippen LogP contribution < -0.4 is 4.74 Å². The van der Waals surface area contributed by atoms with E-state index >= 15 is 0 Å². The van der Waals surface area contributed by atoms with Gasteiger partial charge >= 0.3 is 0 Å². The highest BCUT2D eigenvalue weighted by Gasteiger charge is 2.11. The van der Waals surface area contributed by atoms with Gasteiger partial charge in [0.15, 0.2) is 6.29 Å². The lowest BCUT2D eigenvalue weighted by Crippen LogP contribution is -2.16. The van der Waals surface area contributed by atoms with Crippen molar-refractivity contribution in [1.82, 2.24) is 0 Å². The number of aryl methyl sites for hydroxylation is 2. The lowest BCUT2D eigenvalue weighted by atomic mass is 9.94. The van der Waals surface area contributed by atoms with E-state index in [1.54, 1.807) is 0 Å². The average Bonchev–Trinajstić information content (AvgIpc) is 2.47. The Morgan fingerprint density at radius 1 is 1.14 bits per heavy atom. The van der Waals surface area contributed by atoms with Crippen molar-refractivity contribution in [3.05, 3.63) is 53.1 Å². The number of rotatable bonds is 6. The molecule has 1 atom stereocenters. The molecule has 3 nitrogen and oxygen atoms in total. The van der Waals surface area contributed by atoms with Crippen molar-refractivity contribution >= 4 is 6.29 Å². The smallest absolute Gasteiger partial charge is 0.196 e. The van der Waals surface area contributed by atoms with Crippen molar-refractivity contribution in [1.29, 1.82) is 0 Å². The fourth-order valence-electron chi connectivity index (χ4n) is 2.68. The van der Waals surface area contributed by atoms with Gasteiger partial charge in [-0.25, -0.2) is 0 Å². The summed E-state index contributed by atoms with van der Waals surface area (Å²) in [4.78, 5) is 11.0. The number of hydrogen-bond acceptors (Lipinski definition) is 3. The van der Waals surface area contributed by atoms with Crippen molar-refractivity contribution in [2.75, 3.05) is 6.61 Å². The maximum Gasteiger partial charge on any atom is 0.196 e. The van der Waals surface area contributed by atoms with Gasteiger partial charge in [0, 0.05) is 12.2 Å². The summed E-state index contributed by atoms with van der Waals surface area (Å²) in [5.41, 5.74) is 5.09. The third kappa shape index (κ3) is 3.74. The molecule has 0 saturated heterocycles. The van der Waals surface area contributed by atoms with E-state index in [0.29, 0.717) is 12.2 Å². The van der Waals surface area contributed by atoms with Crippen molar-refractivity contribution in [2.24, 2.45) is 0 Å². The maximum atomic E-state index is 11.0. The van der Waals surface area contributed by atoms with E-state index in [4.69, 9.17) is 9.47 Å². The van der Waals surface area contributed by atoms with Crippen LogP contribution in [0.1, 0.15) is 35.3 Å². The minimum absolute atomic E-state index is 0.270. The Labute approximate surface area is 131 Å². The van der Waals surface area contributed by atoms with Gasteiger partial charge in [0.05, 0.1) is 0 Å². The molecule has 0 spiro atoms. The van der Waals surface area contributed by atoms with Gasteiger partial charge in [-0.15, -0.1) is 0 Å².